The Morgan fingerprint density at radius 2 is 1.76 bits per heavy atom. The van der Waals surface area contributed by atoms with Gasteiger partial charge in [0, 0.05) is 23.2 Å². The van der Waals surface area contributed by atoms with E-state index in [1.807, 2.05) is 12.1 Å². The van der Waals surface area contributed by atoms with Gasteiger partial charge < -0.3 is 5.32 Å². The molecule has 7 heteroatoms. The fourth-order valence-electron chi connectivity index (χ4n) is 2.27. The Balaban J connectivity index is 2.19. The fourth-order valence-corrected chi connectivity index (χ4v) is 3.67. The van der Waals surface area contributed by atoms with Crippen molar-refractivity contribution in [1.82, 2.24) is 10.0 Å². The first-order chi connectivity index (χ1) is 11.7. The molecule has 2 aromatic carbocycles. The second kappa shape index (κ2) is 7.99. The van der Waals surface area contributed by atoms with E-state index in [0.29, 0.717) is 22.7 Å². The molecule has 0 saturated heterocycles. The van der Waals surface area contributed by atoms with Gasteiger partial charge in [-0.3, -0.25) is 4.79 Å². The SMILES string of the molecule is Cc1ccc(S(=O)(=O)NC(C)C)cc1C(=O)NCc1ccc(Cl)cc1. The number of amides is 1. The summed E-state index contributed by atoms with van der Waals surface area (Å²) in [5.41, 5.74) is 1.94. The van der Waals surface area contributed by atoms with Crippen molar-refractivity contribution < 1.29 is 13.2 Å². The predicted molar refractivity (Wildman–Crippen MR) is 99.3 cm³/mol. The van der Waals surface area contributed by atoms with Crippen molar-refractivity contribution in [3.63, 3.8) is 0 Å². The van der Waals surface area contributed by atoms with E-state index < -0.39 is 10.0 Å². The van der Waals surface area contributed by atoms with Crippen LogP contribution >= 0.6 is 11.6 Å². The van der Waals surface area contributed by atoms with Gasteiger partial charge in [0.25, 0.3) is 5.91 Å². The van der Waals surface area contributed by atoms with E-state index in [1.165, 1.54) is 12.1 Å². The van der Waals surface area contributed by atoms with Crippen molar-refractivity contribution in [2.45, 2.75) is 38.3 Å². The van der Waals surface area contributed by atoms with E-state index in [2.05, 4.69) is 10.0 Å². The molecule has 5 nitrogen and oxygen atoms in total. The smallest absolute Gasteiger partial charge is 0.251 e. The van der Waals surface area contributed by atoms with Crippen molar-refractivity contribution in [2.75, 3.05) is 0 Å². The molecule has 0 radical (unpaired) electrons. The molecular weight excluding hydrogens is 360 g/mol. The van der Waals surface area contributed by atoms with Crippen LogP contribution in [-0.2, 0) is 16.6 Å². The van der Waals surface area contributed by atoms with Gasteiger partial charge in [0.2, 0.25) is 10.0 Å². The molecule has 1 amide bonds. The average molecular weight is 381 g/mol. The highest BCUT2D eigenvalue weighted by Crippen LogP contribution is 2.16. The normalized spacial score (nSPS) is 11.6. The monoisotopic (exact) mass is 380 g/mol. The quantitative estimate of drug-likeness (QED) is 0.807. The maximum absolute atomic E-state index is 12.5. The lowest BCUT2D eigenvalue weighted by atomic mass is 10.1. The molecular formula is C18H21ClN2O3S. The number of halogens is 1. The lowest BCUT2D eigenvalue weighted by Crippen LogP contribution is -2.30. The molecule has 2 rings (SSSR count). The first-order valence-electron chi connectivity index (χ1n) is 7.84. The van der Waals surface area contributed by atoms with Gasteiger partial charge in [0.05, 0.1) is 4.90 Å². The molecule has 0 aromatic heterocycles. The van der Waals surface area contributed by atoms with Gasteiger partial charge >= 0.3 is 0 Å². The molecule has 0 fully saturated rings. The molecule has 0 aliphatic heterocycles. The summed E-state index contributed by atoms with van der Waals surface area (Å²) in [5.74, 6) is -0.325. The summed E-state index contributed by atoms with van der Waals surface area (Å²) < 4.78 is 27.1. The molecule has 2 aromatic rings. The molecule has 0 saturated carbocycles. The van der Waals surface area contributed by atoms with E-state index in [9.17, 15) is 13.2 Å². The summed E-state index contributed by atoms with van der Waals surface area (Å²) >= 11 is 5.84. The van der Waals surface area contributed by atoms with Crippen LogP contribution in [0.3, 0.4) is 0 Å². The van der Waals surface area contributed by atoms with Gasteiger partial charge in [-0.15, -0.1) is 0 Å². The van der Waals surface area contributed by atoms with Gasteiger partial charge in [-0.2, -0.15) is 0 Å². The summed E-state index contributed by atoms with van der Waals surface area (Å²) in [7, 11) is -3.65. The number of carbonyl (C=O) groups is 1. The van der Waals surface area contributed by atoms with Crippen LogP contribution in [0.4, 0.5) is 0 Å². The number of nitrogens with one attached hydrogen (secondary N) is 2. The first-order valence-corrected chi connectivity index (χ1v) is 9.71. The molecule has 0 aliphatic carbocycles. The number of benzene rings is 2. The predicted octanol–water partition coefficient (Wildman–Crippen LogP) is 3.27. The Morgan fingerprint density at radius 1 is 1.12 bits per heavy atom. The van der Waals surface area contributed by atoms with Crippen LogP contribution in [0.15, 0.2) is 47.4 Å². The van der Waals surface area contributed by atoms with E-state index in [4.69, 9.17) is 11.6 Å². The third-order valence-electron chi connectivity index (χ3n) is 3.52. The van der Waals surface area contributed by atoms with Crippen molar-refractivity contribution in [1.29, 1.82) is 0 Å². The van der Waals surface area contributed by atoms with Crippen LogP contribution in [0.1, 0.15) is 35.3 Å². The topological polar surface area (TPSA) is 75.3 Å². The second-order valence-electron chi connectivity index (χ2n) is 6.06. The summed E-state index contributed by atoms with van der Waals surface area (Å²) in [6, 6.07) is 11.4. The Morgan fingerprint density at radius 3 is 2.36 bits per heavy atom. The largest absolute Gasteiger partial charge is 0.348 e. The number of hydrogen-bond donors (Lipinski definition) is 2. The lowest BCUT2D eigenvalue weighted by molar-refractivity contribution is 0.0950. The lowest BCUT2D eigenvalue weighted by Gasteiger charge is -2.12. The molecule has 0 heterocycles. The summed E-state index contributed by atoms with van der Waals surface area (Å²) in [4.78, 5) is 12.5. The number of rotatable bonds is 6. The minimum absolute atomic E-state index is 0.0726. The minimum Gasteiger partial charge on any atom is -0.348 e. The van der Waals surface area contributed by atoms with Crippen LogP contribution in [0, 0.1) is 6.92 Å². The molecule has 134 valence electrons. The number of hydrogen-bond acceptors (Lipinski definition) is 3. The Bertz CT molecular complexity index is 862. The number of aryl methyl sites for hydroxylation is 1. The molecule has 0 spiro atoms. The summed E-state index contributed by atoms with van der Waals surface area (Å²) in [5, 5.41) is 3.42. The van der Waals surface area contributed by atoms with Gasteiger partial charge in [0.15, 0.2) is 0 Å². The van der Waals surface area contributed by atoms with Crippen molar-refractivity contribution in [3.8, 4) is 0 Å². The molecule has 0 atom stereocenters. The molecule has 0 bridgehead atoms. The van der Waals surface area contributed by atoms with Crippen LogP contribution in [-0.4, -0.2) is 20.4 Å². The highest BCUT2D eigenvalue weighted by atomic mass is 35.5. The van der Waals surface area contributed by atoms with Crippen molar-refractivity contribution in [2.24, 2.45) is 0 Å². The number of sulfonamides is 1. The van der Waals surface area contributed by atoms with Gasteiger partial charge in [-0.05, 0) is 56.2 Å². The molecule has 0 unspecified atom stereocenters. The fraction of sp³-hybridized carbons (Fsp3) is 0.278. The zero-order valence-corrected chi connectivity index (χ0v) is 15.9. The molecule has 25 heavy (non-hydrogen) atoms. The standard InChI is InChI=1S/C18H21ClN2O3S/c1-12(2)21-25(23,24)16-9-4-13(3)17(10-16)18(22)20-11-14-5-7-15(19)8-6-14/h4-10,12,21H,11H2,1-3H3,(H,20,22). The van der Waals surface area contributed by atoms with E-state index >= 15 is 0 Å². The zero-order chi connectivity index (χ0) is 18.6. The van der Waals surface area contributed by atoms with Crippen molar-refractivity contribution >= 4 is 27.5 Å². The Hall–Kier alpha value is -1.89. The molecule has 2 N–H and O–H groups in total. The molecule has 0 aliphatic rings. The van der Waals surface area contributed by atoms with E-state index in [-0.39, 0.29) is 16.8 Å². The van der Waals surface area contributed by atoms with Crippen LogP contribution in [0.25, 0.3) is 0 Å². The Labute approximate surface area is 153 Å². The van der Waals surface area contributed by atoms with E-state index in [1.54, 1.807) is 39.0 Å². The average Bonchev–Trinajstić information content (AvgIpc) is 2.53. The van der Waals surface area contributed by atoms with Crippen LogP contribution in [0.2, 0.25) is 5.02 Å². The number of carbonyl (C=O) groups excluding carboxylic acids is 1. The third-order valence-corrected chi connectivity index (χ3v) is 5.43. The maximum atomic E-state index is 12.5. The highest BCUT2D eigenvalue weighted by Gasteiger charge is 2.18. The van der Waals surface area contributed by atoms with Crippen molar-refractivity contribution in [3.05, 3.63) is 64.2 Å². The van der Waals surface area contributed by atoms with Crippen LogP contribution < -0.4 is 10.0 Å². The van der Waals surface area contributed by atoms with E-state index in [0.717, 1.165) is 5.56 Å². The first kappa shape index (κ1) is 19.4. The van der Waals surface area contributed by atoms with Gasteiger partial charge in [-0.25, -0.2) is 13.1 Å². The summed E-state index contributed by atoms with van der Waals surface area (Å²) in [6.07, 6.45) is 0. The maximum Gasteiger partial charge on any atom is 0.251 e. The Kier molecular flexibility index (Phi) is 6.21. The second-order valence-corrected chi connectivity index (χ2v) is 8.21. The zero-order valence-electron chi connectivity index (χ0n) is 14.3. The van der Waals surface area contributed by atoms with Gasteiger partial charge in [-0.1, -0.05) is 29.8 Å². The minimum atomic E-state index is -3.65. The van der Waals surface area contributed by atoms with Gasteiger partial charge in [0.1, 0.15) is 0 Å². The third kappa shape index (κ3) is 5.29. The highest BCUT2D eigenvalue weighted by molar-refractivity contribution is 7.89. The summed E-state index contributed by atoms with van der Waals surface area (Å²) in [6.45, 7) is 5.58. The van der Waals surface area contributed by atoms with Crippen LogP contribution in [0.5, 0.6) is 0 Å².